The van der Waals surface area contributed by atoms with Crippen molar-refractivity contribution in [3.8, 4) is 6.07 Å². The molecule has 2 unspecified atom stereocenters. The van der Waals surface area contributed by atoms with Gasteiger partial charge in [-0.2, -0.15) is 5.26 Å². The SMILES string of the molecule is CC1CNCC(C)N1Cc1cccnc1C#N. The van der Waals surface area contributed by atoms with Crippen LogP contribution in [0.25, 0.3) is 0 Å². The number of rotatable bonds is 2. The van der Waals surface area contributed by atoms with Gasteiger partial charge in [0.2, 0.25) is 0 Å². The lowest BCUT2D eigenvalue weighted by molar-refractivity contribution is 0.108. The summed E-state index contributed by atoms with van der Waals surface area (Å²) in [6, 6.07) is 7.03. The quantitative estimate of drug-likeness (QED) is 0.827. The minimum absolute atomic E-state index is 0.491. The second-order valence-corrected chi connectivity index (χ2v) is 4.65. The molecule has 1 aromatic rings. The van der Waals surface area contributed by atoms with Gasteiger partial charge < -0.3 is 5.32 Å². The van der Waals surface area contributed by atoms with Crippen molar-refractivity contribution in [2.75, 3.05) is 13.1 Å². The fourth-order valence-corrected chi connectivity index (χ4v) is 2.35. The van der Waals surface area contributed by atoms with Crippen molar-refractivity contribution in [3.05, 3.63) is 29.6 Å². The lowest BCUT2D eigenvalue weighted by Gasteiger charge is -2.39. The van der Waals surface area contributed by atoms with E-state index in [4.69, 9.17) is 5.26 Å². The average Bonchev–Trinajstić information content (AvgIpc) is 2.34. The Morgan fingerprint density at radius 1 is 1.47 bits per heavy atom. The van der Waals surface area contributed by atoms with Crippen LogP contribution in [0.1, 0.15) is 25.1 Å². The van der Waals surface area contributed by atoms with Crippen LogP contribution in [-0.2, 0) is 6.54 Å². The van der Waals surface area contributed by atoms with E-state index in [0.717, 1.165) is 25.2 Å². The molecule has 2 atom stereocenters. The number of piperazine rings is 1. The third kappa shape index (κ3) is 2.63. The topological polar surface area (TPSA) is 52.0 Å². The summed E-state index contributed by atoms with van der Waals surface area (Å²) >= 11 is 0. The molecule has 1 aliphatic rings. The molecule has 0 amide bonds. The molecule has 0 aromatic carbocycles. The third-order valence-electron chi connectivity index (χ3n) is 3.36. The van der Waals surface area contributed by atoms with Gasteiger partial charge in [0, 0.05) is 43.5 Å². The number of nitrogens with zero attached hydrogens (tertiary/aromatic N) is 3. The van der Waals surface area contributed by atoms with Crippen LogP contribution in [0.5, 0.6) is 0 Å². The molecule has 0 aliphatic carbocycles. The van der Waals surface area contributed by atoms with Crippen molar-refractivity contribution in [2.45, 2.75) is 32.5 Å². The fourth-order valence-electron chi connectivity index (χ4n) is 2.35. The maximum atomic E-state index is 9.04. The first kappa shape index (κ1) is 12.0. The fraction of sp³-hybridized carbons (Fsp3) is 0.538. The van der Waals surface area contributed by atoms with Crippen LogP contribution in [0, 0.1) is 11.3 Å². The number of hydrogen-bond donors (Lipinski definition) is 1. The molecule has 1 N–H and O–H groups in total. The first-order valence-electron chi connectivity index (χ1n) is 6.03. The Balaban J connectivity index is 2.17. The van der Waals surface area contributed by atoms with Crippen LogP contribution >= 0.6 is 0 Å². The summed E-state index contributed by atoms with van der Waals surface area (Å²) in [5.41, 5.74) is 1.57. The van der Waals surface area contributed by atoms with Crippen LogP contribution < -0.4 is 5.32 Å². The van der Waals surface area contributed by atoms with E-state index < -0.39 is 0 Å². The predicted molar refractivity (Wildman–Crippen MR) is 66.3 cm³/mol. The second kappa shape index (κ2) is 5.26. The Morgan fingerprint density at radius 2 is 2.18 bits per heavy atom. The van der Waals surface area contributed by atoms with E-state index >= 15 is 0 Å². The van der Waals surface area contributed by atoms with Crippen LogP contribution in [0.15, 0.2) is 18.3 Å². The Hall–Kier alpha value is -1.44. The zero-order chi connectivity index (χ0) is 12.3. The second-order valence-electron chi connectivity index (χ2n) is 4.65. The Labute approximate surface area is 102 Å². The van der Waals surface area contributed by atoms with Crippen LogP contribution in [0.4, 0.5) is 0 Å². The number of pyridine rings is 1. The molecule has 17 heavy (non-hydrogen) atoms. The maximum Gasteiger partial charge on any atom is 0.144 e. The van der Waals surface area contributed by atoms with Gasteiger partial charge in [-0.3, -0.25) is 4.90 Å². The minimum Gasteiger partial charge on any atom is -0.314 e. The zero-order valence-electron chi connectivity index (χ0n) is 10.3. The summed E-state index contributed by atoms with van der Waals surface area (Å²) in [5.74, 6) is 0. The van der Waals surface area contributed by atoms with Gasteiger partial charge in [0.1, 0.15) is 11.8 Å². The molecule has 2 rings (SSSR count). The summed E-state index contributed by atoms with van der Waals surface area (Å²) in [7, 11) is 0. The number of aromatic nitrogens is 1. The highest BCUT2D eigenvalue weighted by Crippen LogP contribution is 2.16. The lowest BCUT2D eigenvalue weighted by atomic mass is 10.1. The zero-order valence-corrected chi connectivity index (χ0v) is 10.3. The molecule has 0 bridgehead atoms. The normalized spacial score (nSPS) is 25.5. The van der Waals surface area contributed by atoms with Gasteiger partial charge in [-0.25, -0.2) is 4.98 Å². The third-order valence-corrected chi connectivity index (χ3v) is 3.36. The van der Waals surface area contributed by atoms with E-state index in [1.54, 1.807) is 6.20 Å². The summed E-state index contributed by atoms with van der Waals surface area (Å²) in [6.07, 6.45) is 1.67. The molecule has 1 aliphatic heterocycles. The van der Waals surface area contributed by atoms with E-state index in [-0.39, 0.29) is 0 Å². The van der Waals surface area contributed by atoms with Crippen molar-refractivity contribution in [1.82, 2.24) is 15.2 Å². The van der Waals surface area contributed by atoms with Crippen molar-refractivity contribution >= 4 is 0 Å². The smallest absolute Gasteiger partial charge is 0.144 e. The monoisotopic (exact) mass is 230 g/mol. The molecule has 1 aromatic heterocycles. The Kier molecular flexibility index (Phi) is 3.72. The molecule has 0 radical (unpaired) electrons. The predicted octanol–water partition coefficient (Wildman–Crippen LogP) is 1.14. The summed E-state index contributed by atoms with van der Waals surface area (Å²) in [4.78, 5) is 6.53. The molecule has 0 spiro atoms. The highest BCUT2D eigenvalue weighted by molar-refractivity contribution is 5.30. The van der Waals surface area contributed by atoms with Gasteiger partial charge in [0.15, 0.2) is 0 Å². The first-order valence-corrected chi connectivity index (χ1v) is 6.03. The van der Waals surface area contributed by atoms with Crippen molar-refractivity contribution in [1.29, 1.82) is 5.26 Å². The van der Waals surface area contributed by atoms with E-state index in [2.05, 4.69) is 35.1 Å². The van der Waals surface area contributed by atoms with Crippen molar-refractivity contribution < 1.29 is 0 Å². The molecule has 1 fully saturated rings. The van der Waals surface area contributed by atoms with Crippen molar-refractivity contribution in [3.63, 3.8) is 0 Å². The molecular weight excluding hydrogens is 212 g/mol. The molecule has 90 valence electrons. The summed E-state index contributed by atoms with van der Waals surface area (Å²) < 4.78 is 0. The highest BCUT2D eigenvalue weighted by atomic mass is 15.2. The van der Waals surface area contributed by atoms with Crippen LogP contribution in [0.3, 0.4) is 0 Å². The standard InChI is InChI=1S/C13H18N4/c1-10-7-15-8-11(2)17(10)9-12-4-3-5-16-13(12)6-14/h3-5,10-11,15H,7-9H2,1-2H3. The largest absolute Gasteiger partial charge is 0.314 e. The molecule has 0 saturated carbocycles. The van der Waals surface area contributed by atoms with Gasteiger partial charge in [0.05, 0.1) is 0 Å². The maximum absolute atomic E-state index is 9.04. The number of nitrogens with one attached hydrogen (secondary N) is 1. The van der Waals surface area contributed by atoms with Gasteiger partial charge >= 0.3 is 0 Å². The van der Waals surface area contributed by atoms with Crippen molar-refractivity contribution in [2.24, 2.45) is 0 Å². The minimum atomic E-state index is 0.491. The molecule has 2 heterocycles. The first-order chi connectivity index (χ1) is 8.22. The number of nitriles is 1. The highest BCUT2D eigenvalue weighted by Gasteiger charge is 2.24. The molecule has 4 heteroatoms. The molecule has 1 saturated heterocycles. The summed E-state index contributed by atoms with van der Waals surface area (Å²) in [6.45, 7) is 7.25. The Bertz CT molecular complexity index is 414. The molecular formula is C13H18N4. The van der Waals surface area contributed by atoms with Gasteiger partial charge in [0.25, 0.3) is 0 Å². The lowest BCUT2D eigenvalue weighted by Crippen LogP contribution is -2.54. The van der Waals surface area contributed by atoms with Crippen LogP contribution in [-0.4, -0.2) is 35.1 Å². The van der Waals surface area contributed by atoms with E-state index in [1.165, 1.54) is 0 Å². The van der Waals surface area contributed by atoms with Gasteiger partial charge in [-0.1, -0.05) is 6.07 Å². The van der Waals surface area contributed by atoms with Crippen LogP contribution in [0.2, 0.25) is 0 Å². The summed E-state index contributed by atoms with van der Waals surface area (Å²) in [5, 5.41) is 12.4. The van der Waals surface area contributed by atoms with E-state index in [1.807, 2.05) is 12.1 Å². The molecule has 4 nitrogen and oxygen atoms in total. The van der Waals surface area contributed by atoms with E-state index in [0.29, 0.717) is 17.8 Å². The average molecular weight is 230 g/mol. The van der Waals surface area contributed by atoms with Gasteiger partial charge in [-0.15, -0.1) is 0 Å². The number of hydrogen-bond acceptors (Lipinski definition) is 4. The van der Waals surface area contributed by atoms with Gasteiger partial charge in [-0.05, 0) is 19.9 Å². The Morgan fingerprint density at radius 3 is 2.82 bits per heavy atom. The van der Waals surface area contributed by atoms with E-state index in [9.17, 15) is 0 Å².